The van der Waals surface area contributed by atoms with Crippen LogP contribution in [-0.2, 0) is 19.2 Å². The van der Waals surface area contributed by atoms with Crippen molar-refractivity contribution in [3.63, 3.8) is 0 Å². The number of carbonyl (C=O) groups is 7. The second-order valence-corrected chi connectivity index (χ2v) is 17.3. The highest BCUT2D eigenvalue weighted by molar-refractivity contribution is 6.38. The number of ketones is 1. The number of hydrogen-bond acceptors (Lipinski definition) is 7. The van der Waals surface area contributed by atoms with Crippen LogP contribution >= 0.6 is 0 Å². The molecule has 1 aromatic carbocycles. The Labute approximate surface area is 312 Å². The summed E-state index contributed by atoms with van der Waals surface area (Å²) in [6.07, 6.45) is 7.21. The molecule has 13 nitrogen and oxygen atoms in total. The van der Waals surface area contributed by atoms with Gasteiger partial charge in [0.05, 0.1) is 29.8 Å². The van der Waals surface area contributed by atoms with Gasteiger partial charge in [-0.15, -0.1) is 6.58 Å². The van der Waals surface area contributed by atoms with Gasteiger partial charge >= 0.3 is 6.03 Å². The van der Waals surface area contributed by atoms with Gasteiger partial charge in [-0.2, -0.15) is 0 Å². The molecular weight excluding hydrogens is 676 g/mol. The van der Waals surface area contributed by atoms with E-state index in [1.807, 2.05) is 41.5 Å². The van der Waals surface area contributed by atoms with Crippen LogP contribution < -0.4 is 21.3 Å². The predicted molar refractivity (Wildman–Crippen MR) is 198 cm³/mol. The molecule has 53 heavy (non-hydrogen) atoms. The molecule has 2 saturated carbocycles. The molecule has 2 aliphatic heterocycles. The molecule has 5 rings (SSSR count). The number of hydrogen-bond donors (Lipinski definition) is 4. The summed E-state index contributed by atoms with van der Waals surface area (Å²) in [7, 11) is 0. The number of Topliss-reactive ketones (excluding diaryl/α,β-unsaturated/α-hetero) is 1. The minimum absolute atomic E-state index is 0.0680. The Hall–Kier alpha value is -4.55. The van der Waals surface area contributed by atoms with Gasteiger partial charge in [-0.05, 0) is 60.0 Å². The largest absolute Gasteiger partial charge is 0.346 e. The molecule has 2 heterocycles. The van der Waals surface area contributed by atoms with Crippen molar-refractivity contribution in [2.45, 2.75) is 111 Å². The van der Waals surface area contributed by atoms with E-state index in [0.29, 0.717) is 24.1 Å². The number of imide groups is 1. The topological polar surface area (TPSA) is 174 Å². The van der Waals surface area contributed by atoms with Gasteiger partial charge in [-0.3, -0.25) is 33.7 Å². The first-order valence-electron chi connectivity index (χ1n) is 19.0. The third-order valence-electron chi connectivity index (χ3n) is 11.5. The molecule has 4 N–H and O–H groups in total. The number of nitrogens with zero attached hydrogens (tertiary/aromatic N) is 2. The van der Waals surface area contributed by atoms with Gasteiger partial charge in [-0.1, -0.05) is 85.4 Å². The molecule has 0 radical (unpaired) electrons. The molecule has 0 spiro atoms. The lowest BCUT2D eigenvalue weighted by Gasteiger charge is -2.38. The van der Waals surface area contributed by atoms with Crippen LogP contribution in [0.2, 0.25) is 0 Å². The fraction of sp³-hybridized carbons (Fsp3) is 0.625. The second kappa shape index (κ2) is 15.8. The average molecular weight is 733 g/mol. The van der Waals surface area contributed by atoms with Crippen molar-refractivity contribution in [1.82, 2.24) is 31.1 Å². The number of benzene rings is 1. The summed E-state index contributed by atoms with van der Waals surface area (Å²) in [6, 6.07) is 2.36. The smallest absolute Gasteiger partial charge is 0.315 e. The Bertz CT molecular complexity index is 1600. The molecule has 0 aromatic heterocycles. The van der Waals surface area contributed by atoms with Crippen molar-refractivity contribution in [3.05, 3.63) is 48.0 Å². The first-order chi connectivity index (χ1) is 24.9. The van der Waals surface area contributed by atoms with E-state index >= 15 is 0 Å². The summed E-state index contributed by atoms with van der Waals surface area (Å²) >= 11 is 0. The quantitative estimate of drug-likeness (QED) is 0.136. The Morgan fingerprint density at radius 1 is 0.868 bits per heavy atom. The van der Waals surface area contributed by atoms with Gasteiger partial charge in [0.15, 0.2) is 0 Å². The van der Waals surface area contributed by atoms with Crippen molar-refractivity contribution in [2.75, 3.05) is 19.6 Å². The van der Waals surface area contributed by atoms with E-state index in [2.05, 4.69) is 27.8 Å². The van der Waals surface area contributed by atoms with Gasteiger partial charge in [-0.25, -0.2) is 4.79 Å². The van der Waals surface area contributed by atoms with Gasteiger partial charge in [0, 0.05) is 13.1 Å². The molecule has 4 aliphatic rings. The lowest BCUT2D eigenvalue weighted by atomic mass is 9.80. The number of rotatable bonds is 13. The standard InChI is InChI=1S/C40H56N6O7/c1-8-19-41-34(49)31(47)28(20-23-13-11-14-23)42-33(48)30-25-18-12-15-24(25)21-45(30)37(52)32(40(5,6)7)44-38(53)43-29(39(2,3)4)22-46-35(50)26-16-9-10-17-27(26)36(46)51/h8-10,16-17,23-25,28-30,32H,1,11-15,18-22H2,2-7H3,(H,41,49)(H,42,48)(H2,43,44,53)/t24-,25-,28?,29+,30-,32+/m0/s1. The highest BCUT2D eigenvalue weighted by Crippen LogP contribution is 2.43. The average Bonchev–Trinajstić information content (AvgIpc) is 3.74. The van der Waals surface area contributed by atoms with Gasteiger partial charge in [0.2, 0.25) is 17.6 Å². The highest BCUT2D eigenvalue weighted by atomic mass is 16.2. The van der Waals surface area contributed by atoms with Crippen LogP contribution in [0, 0.1) is 28.6 Å². The van der Waals surface area contributed by atoms with Gasteiger partial charge in [0.1, 0.15) is 12.1 Å². The number of carbonyl (C=O) groups excluding carboxylic acids is 7. The van der Waals surface area contributed by atoms with Crippen LogP contribution in [0.3, 0.4) is 0 Å². The Kier molecular flexibility index (Phi) is 11.8. The summed E-state index contributed by atoms with van der Waals surface area (Å²) in [5, 5.41) is 11.2. The number of likely N-dealkylation sites (tertiary alicyclic amines) is 1. The van der Waals surface area contributed by atoms with Crippen LogP contribution in [0.25, 0.3) is 0 Å². The number of amides is 7. The summed E-state index contributed by atoms with van der Waals surface area (Å²) in [6.45, 7) is 15.1. The second-order valence-electron chi connectivity index (χ2n) is 17.3. The minimum Gasteiger partial charge on any atom is -0.346 e. The zero-order chi connectivity index (χ0) is 38.8. The Morgan fingerprint density at radius 2 is 1.49 bits per heavy atom. The highest BCUT2D eigenvalue weighted by Gasteiger charge is 2.52. The number of nitrogens with one attached hydrogen (secondary N) is 4. The van der Waals surface area contributed by atoms with E-state index in [-0.39, 0.29) is 30.8 Å². The number of fused-ring (bicyclic) bond motifs is 2. The maximum atomic E-state index is 14.6. The van der Waals surface area contributed by atoms with Gasteiger partial charge < -0.3 is 26.2 Å². The first kappa shape index (κ1) is 39.7. The fourth-order valence-corrected chi connectivity index (χ4v) is 8.10. The van der Waals surface area contributed by atoms with Crippen LogP contribution in [-0.4, -0.2) is 95.0 Å². The molecule has 6 atom stereocenters. The lowest BCUT2D eigenvalue weighted by Crippen LogP contribution is -2.62. The molecule has 1 saturated heterocycles. The maximum Gasteiger partial charge on any atom is 0.315 e. The van der Waals surface area contributed by atoms with E-state index in [1.54, 1.807) is 29.2 Å². The summed E-state index contributed by atoms with van der Waals surface area (Å²) in [5.74, 6) is -3.05. The third-order valence-corrected chi connectivity index (χ3v) is 11.5. The predicted octanol–water partition coefficient (Wildman–Crippen LogP) is 3.58. The van der Waals surface area contributed by atoms with Crippen molar-refractivity contribution in [1.29, 1.82) is 0 Å². The van der Waals surface area contributed by atoms with Crippen LogP contribution in [0.4, 0.5) is 4.79 Å². The van der Waals surface area contributed by atoms with Crippen LogP contribution in [0.5, 0.6) is 0 Å². The van der Waals surface area contributed by atoms with E-state index < -0.39 is 76.3 Å². The van der Waals surface area contributed by atoms with Crippen molar-refractivity contribution < 1.29 is 33.6 Å². The van der Waals surface area contributed by atoms with Gasteiger partial charge in [0.25, 0.3) is 17.7 Å². The molecule has 7 amide bonds. The fourth-order valence-electron chi connectivity index (χ4n) is 8.10. The summed E-state index contributed by atoms with van der Waals surface area (Å²) < 4.78 is 0. The summed E-state index contributed by atoms with van der Waals surface area (Å²) in [5.41, 5.74) is -0.730. The SMILES string of the molecule is C=CCNC(=O)C(=O)C(CC1CCC1)NC(=O)[C@@H]1[C@H]2CCC[C@H]2CN1C(=O)[C@@H](NC(=O)N[C@H](CN1C(=O)c2ccccc2C1=O)C(C)(C)C)C(C)(C)C. The van der Waals surface area contributed by atoms with E-state index in [4.69, 9.17) is 0 Å². The van der Waals surface area contributed by atoms with Crippen LogP contribution in [0.1, 0.15) is 107 Å². The molecular formula is C40H56N6O7. The zero-order valence-corrected chi connectivity index (χ0v) is 32.0. The maximum absolute atomic E-state index is 14.6. The Morgan fingerprint density at radius 3 is 2.04 bits per heavy atom. The monoisotopic (exact) mass is 732 g/mol. The number of urea groups is 1. The molecule has 288 valence electrons. The summed E-state index contributed by atoms with van der Waals surface area (Å²) in [4.78, 5) is 97.7. The van der Waals surface area contributed by atoms with Crippen molar-refractivity contribution in [3.8, 4) is 0 Å². The molecule has 13 heteroatoms. The van der Waals surface area contributed by atoms with Crippen molar-refractivity contribution in [2.24, 2.45) is 28.6 Å². The third kappa shape index (κ3) is 8.65. The lowest BCUT2D eigenvalue weighted by molar-refractivity contribution is -0.144. The Balaban J connectivity index is 1.33. The normalized spacial score (nSPS) is 22.9. The van der Waals surface area contributed by atoms with E-state index in [9.17, 15) is 33.6 Å². The van der Waals surface area contributed by atoms with E-state index in [1.165, 1.54) is 6.08 Å². The molecule has 1 aromatic rings. The molecule has 3 fully saturated rings. The first-order valence-corrected chi connectivity index (χ1v) is 19.0. The zero-order valence-electron chi connectivity index (χ0n) is 32.0. The van der Waals surface area contributed by atoms with Crippen LogP contribution in [0.15, 0.2) is 36.9 Å². The van der Waals surface area contributed by atoms with Crippen molar-refractivity contribution >= 4 is 41.4 Å². The molecule has 2 aliphatic carbocycles. The molecule has 0 bridgehead atoms. The minimum atomic E-state index is -1.05. The molecule has 1 unspecified atom stereocenters. The van der Waals surface area contributed by atoms with E-state index in [0.717, 1.165) is 43.4 Å².